The molecule has 1 N–H and O–H groups in total. The van der Waals surface area contributed by atoms with E-state index >= 15 is 0 Å². The monoisotopic (exact) mass is 514 g/mol. The van der Waals surface area contributed by atoms with Crippen LogP contribution in [0, 0.1) is 0 Å². The van der Waals surface area contributed by atoms with Crippen molar-refractivity contribution in [3.8, 4) is 11.7 Å². The van der Waals surface area contributed by atoms with Gasteiger partial charge in [0.25, 0.3) is 5.56 Å². The third-order valence-corrected chi connectivity index (χ3v) is 6.73. The second-order valence-corrected chi connectivity index (χ2v) is 9.32. The Balaban J connectivity index is 1.34. The van der Waals surface area contributed by atoms with Crippen LogP contribution >= 0.6 is 0 Å². The quantitative estimate of drug-likeness (QED) is 0.413. The van der Waals surface area contributed by atoms with Crippen molar-refractivity contribution in [2.45, 2.75) is 6.54 Å². The summed E-state index contributed by atoms with van der Waals surface area (Å²) in [7, 11) is 2.15. The van der Waals surface area contributed by atoms with Gasteiger partial charge in [-0.3, -0.25) is 4.79 Å². The molecule has 2 aliphatic heterocycles. The van der Waals surface area contributed by atoms with Crippen molar-refractivity contribution in [1.82, 2.24) is 29.2 Å². The molecule has 38 heavy (non-hydrogen) atoms. The Hall–Kier alpha value is -4.22. The van der Waals surface area contributed by atoms with Gasteiger partial charge < -0.3 is 24.6 Å². The van der Waals surface area contributed by atoms with E-state index in [-0.39, 0.29) is 5.56 Å². The lowest BCUT2D eigenvalue weighted by Crippen LogP contribution is -2.44. The Labute approximate surface area is 219 Å². The molecule has 196 valence electrons. The number of piperazine rings is 1. The smallest absolute Gasteiger partial charge is 0.278 e. The highest BCUT2D eigenvalue weighted by molar-refractivity contribution is 5.77. The van der Waals surface area contributed by atoms with Gasteiger partial charge in [0, 0.05) is 49.8 Å². The molecule has 11 nitrogen and oxygen atoms in total. The SMILES string of the molecule is CN1CCN(c2ccc(Nc3ncc4c(=O)n5n(c4n3)-c3cccc(n3)OCCOC/C=C\C5)cc2)CC1. The molecule has 0 amide bonds. The number of aromatic nitrogens is 5. The number of pyridine rings is 1. The molecule has 0 unspecified atom stereocenters. The van der Waals surface area contributed by atoms with Gasteiger partial charge in [-0.05, 0) is 37.4 Å². The van der Waals surface area contributed by atoms with Crippen molar-refractivity contribution in [2.75, 3.05) is 63.3 Å². The first-order valence-electron chi connectivity index (χ1n) is 12.8. The van der Waals surface area contributed by atoms with Crippen molar-refractivity contribution in [3.05, 3.63) is 71.2 Å². The van der Waals surface area contributed by atoms with E-state index in [1.54, 1.807) is 21.6 Å². The summed E-state index contributed by atoms with van der Waals surface area (Å²) in [6.45, 7) is 5.75. The molecule has 11 heteroatoms. The molecule has 0 aliphatic carbocycles. The molecule has 1 saturated heterocycles. The van der Waals surface area contributed by atoms with E-state index < -0.39 is 0 Å². The van der Waals surface area contributed by atoms with Crippen molar-refractivity contribution < 1.29 is 9.47 Å². The third-order valence-electron chi connectivity index (χ3n) is 6.73. The highest BCUT2D eigenvalue weighted by Gasteiger charge is 2.19. The van der Waals surface area contributed by atoms with Gasteiger partial charge in [0.15, 0.2) is 11.5 Å². The number of benzene rings is 1. The normalized spacial score (nSPS) is 17.6. The summed E-state index contributed by atoms with van der Waals surface area (Å²) < 4.78 is 14.6. The van der Waals surface area contributed by atoms with Crippen LogP contribution in [0.2, 0.25) is 0 Å². The number of likely N-dealkylation sites (N-methyl/N-ethyl adjacent to an activating group) is 1. The van der Waals surface area contributed by atoms with Gasteiger partial charge in [0.1, 0.15) is 12.0 Å². The average Bonchev–Trinajstić information content (AvgIpc) is 3.22. The van der Waals surface area contributed by atoms with Crippen LogP contribution in [-0.2, 0) is 11.3 Å². The molecule has 4 aromatic rings. The molecule has 6 rings (SSSR count). The van der Waals surface area contributed by atoms with Crippen molar-refractivity contribution in [2.24, 2.45) is 0 Å². The van der Waals surface area contributed by atoms with Crippen LogP contribution in [0.15, 0.2) is 65.6 Å². The number of nitrogens with zero attached hydrogens (tertiary/aromatic N) is 7. The summed E-state index contributed by atoms with van der Waals surface area (Å²) in [4.78, 5) is 31.9. The van der Waals surface area contributed by atoms with E-state index in [2.05, 4.69) is 44.3 Å². The first-order chi connectivity index (χ1) is 18.7. The summed E-state index contributed by atoms with van der Waals surface area (Å²) >= 11 is 0. The first-order valence-corrected chi connectivity index (χ1v) is 12.8. The number of hydrogen-bond acceptors (Lipinski definition) is 9. The summed E-state index contributed by atoms with van der Waals surface area (Å²) in [6, 6.07) is 13.7. The minimum absolute atomic E-state index is 0.198. The number of rotatable bonds is 3. The fourth-order valence-corrected chi connectivity index (χ4v) is 4.64. The summed E-state index contributed by atoms with van der Waals surface area (Å²) in [5.41, 5.74) is 2.33. The average molecular weight is 515 g/mol. The highest BCUT2D eigenvalue weighted by Crippen LogP contribution is 2.23. The zero-order chi connectivity index (χ0) is 25.9. The van der Waals surface area contributed by atoms with Crippen molar-refractivity contribution in [3.63, 3.8) is 0 Å². The van der Waals surface area contributed by atoms with Crippen LogP contribution in [0.25, 0.3) is 16.9 Å². The summed E-state index contributed by atoms with van der Waals surface area (Å²) in [5, 5.41) is 3.69. The van der Waals surface area contributed by atoms with Crippen molar-refractivity contribution in [1.29, 1.82) is 0 Å². The lowest BCUT2D eigenvalue weighted by Gasteiger charge is -2.34. The number of ether oxygens (including phenoxy) is 2. The number of anilines is 3. The van der Waals surface area contributed by atoms with E-state index in [1.807, 2.05) is 36.4 Å². The van der Waals surface area contributed by atoms with E-state index in [0.29, 0.717) is 55.0 Å². The minimum atomic E-state index is -0.198. The molecule has 2 aliphatic rings. The molecule has 0 atom stereocenters. The Kier molecular flexibility index (Phi) is 6.76. The molecule has 5 heterocycles. The zero-order valence-corrected chi connectivity index (χ0v) is 21.3. The molecule has 3 aromatic heterocycles. The molecular formula is C27H30N8O3. The molecule has 1 aromatic carbocycles. The largest absolute Gasteiger partial charge is 0.475 e. The molecule has 0 radical (unpaired) electrons. The Morgan fingerprint density at radius 2 is 1.79 bits per heavy atom. The first kappa shape index (κ1) is 24.1. The maximum atomic E-state index is 13.3. The van der Waals surface area contributed by atoms with Gasteiger partial charge >= 0.3 is 0 Å². The maximum Gasteiger partial charge on any atom is 0.278 e. The van der Waals surface area contributed by atoms with Crippen LogP contribution in [0.1, 0.15) is 0 Å². The van der Waals surface area contributed by atoms with Gasteiger partial charge in [-0.2, -0.15) is 9.97 Å². The van der Waals surface area contributed by atoms with Crippen LogP contribution in [0.4, 0.5) is 17.3 Å². The number of nitrogens with one attached hydrogen (secondary N) is 1. The predicted molar refractivity (Wildman–Crippen MR) is 146 cm³/mol. The number of allylic oxidation sites excluding steroid dienone is 1. The fourth-order valence-electron chi connectivity index (χ4n) is 4.64. The van der Waals surface area contributed by atoms with Crippen LogP contribution in [0.5, 0.6) is 5.88 Å². The standard InChI is InChI=1S/C27H30N8O3/c1-32-12-14-33(15-13-32)21-9-7-20(8-10-21)29-27-28-19-22-25(31-27)35-23-5-4-6-24(30-23)38-18-17-37-16-3-2-11-34(35)26(22)36/h2-10,19H,11-18H2,1H3,(H,28,29,31)/b3-2-. The van der Waals surface area contributed by atoms with Gasteiger partial charge in [0.05, 0.1) is 19.8 Å². The van der Waals surface area contributed by atoms with E-state index in [4.69, 9.17) is 14.5 Å². The lowest BCUT2D eigenvalue weighted by atomic mass is 10.2. The second-order valence-electron chi connectivity index (χ2n) is 9.32. The number of fused-ring (bicyclic) bond motifs is 6. The summed E-state index contributed by atoms with van der Waals surface area (Å²) in [5.74, 6) is 1.38. The Bertz CT molecular complexity index is 1500. The minimum Gasteiger partial charge on any atom is -0.475 e. The number of hydrogen-bond donors (Lipinski definition) is 1. The molecule has 0 spiro atoms. The maximum absolute atomic E-state index is 13.3. The Morgan fingerprint density at radius 3 is 2.63 bits per heavy atom. The van der Waals surface area contributed by atoms with Crippen LogP contribution < -0.4 is 20.5 Å². The summed E-state index contributed by atoms with van der Waals surface area (Å²) in [6.07, 6.45) is 5.35. The van der Waals surface area contributed by atoms with Gasteiger partial charge in [0.2, 0.25) is 11.8 Å². The molecule has 0 saturated carbocycles. The second kappa shape index (κ2) is 10.6. The molecule has 1 fully saturated rings. The van der Waals surface area contributed by atoms with E-state index in [1.165, 1.54) is 5.69 Å². The van der Waals surface area contributed by atoms with Gasteiger partial charge in [-0.15, -0.1) is 0 Å². The van der Waals surface area contributed by atoms with Crippen LogP contribution in [-0.4, -0.2) is 82.3 Å². The fraction of sp³-hybridized carbons (Fsp3) is 0.333. The third kappa shape index (κ3) is 4.98. The van der Waals surface area contributed by atoms with E-state index in [9.17, 15) is 4.79 Å². The van der Waals surface area contributed by atoms with Gasteiger partial charge in [-0.25, -0.2) is 14.3 Å². The zero-order valence-electron chi connectivity index (χ0n) is 21.3. The molecule has 2 bridgehead atoms. The van der Waals surface area contributed by atoms with Crippen LogP contribution in [0.3, 0.4) is 0 Å². The lowest BCUT2D eigenvalue weighted by molar-refractivity contribution is 0.119. The predicted octanol–water partition coefficient (Wildman–Crippen LogP) is 2.44. The van der Waals surface area contributed by atoms with Crippen molar-refractivity contribution >= 4 is 28.4 Å². The topological polar surface area (TPSA) is 103 Å². The highest BCUT2D eigenvalue weighted by atomic mass is 16.5. The molecular weight excluding hydrogens is 484 g/mol. The Morgan fingerprint density at radius 1 is 0.947 bits per heavy atom. The van der Waals surface area contributed by atoms with Gasteiger partial charge in [-0.1, -0.05) is 18.2 Å². The van der Waals surface area contributed by atoms with E-state index in [0.717, 1.165) is 31.9 Å².